The zero-order valence-electron chi connectivity index (χ0n) is 14.1. The van der Waals surface area contributed by atoms with Crippen LogP contribution in [0.2, 0.25) is 10.0 Å². The molecule has 136 valence electrons. The lowest BCUT2D eigenvalue weighted by Crippen LogP contribution is -2.39. The van der Waals surface area contributed by atoms with Gasteiger partial charge in [-0.1, -0.05) is 23.2 Å². The highest BCUT2D eigenvalue weighted by atomic mass is 35.5. The normalized spacial score (nSPS) is 21.5. The second kappa shape index (κ2) is 6.48. The molecule has 0 spiro atoms. The molecular weight excluding hydrogens is 389 g/mol. The molecule has 1 saturated heterocycles. The number of hydrogen-bond donors (Lipinski definition) is 0. The molecule has 27 heavy (non-hydrogen) atoms. The Morgan fingerprint density at radius 2 is 1.41 bits per heavy atom. The minimum Gasteiger partial charge on any atom is -0.293 e. The molecule has 0 radical (unpaired) electrons. The van der Waals surface area contributed by atoms with Gasteiger partial charge in [0.25, 0.3) is 5.91 Å². The van der Waals surface area contributed by atoms with Crippen LogP contribution in [-0.4, -0.2) is 29.4 Å². The fourth-order valence-electron chi connectivity index (χ4n) is 3.36. The van der Waals surface area contributed by atoms with Crippen LogP contribution in [0.3, 0.4) is 0 Å². The summed E-state index contributed by atoms with van der Waals surface area (Å²) in [4.78, 5) is 39.3. The molecule has 2 aliphatic rings. The Kier molecular flexibility index (Phi) is 4.25. The fourth-order valence-corrected chi connectivity index (χ4v) is 3.61. The van der Waals surface area contributed by atoms with Crippen LogP contribution < -0.4 is 9.91 Å². The predicted molar refractivity (Wildman–Crippen MR) is 103 cm³/mol. The van der Waals surface area contributed by atoms with Crippen molar-refractivity contribution in [1.82, 2.24) is 0 Å². The van der Waals surface area contributed by atoms with Crippen molar-refractivity contribution < 1.29 is 14.4 Å². The van der Waals surface area contributed by atoms with Crippen molar-refractivity contribution in [1.29, 1.82) is 0 Å². The van der Waals surface area contributed by atoms with Crippen LogP contribution in [0.1, 0.15) is 6.92 Å². The summed E-state index contributed by atoms with van der Waals surface area (Å²) >= 11 is 11.8. The number of nitrogens with zero attached hydrogens (tertiary/aromatic N) is 3. The van der Waals surface area contributed by atoms with Crippen LogP contribution >= 0.6 is 23.2 Å². The van der Waals surface area contributed by atoms with Gasteiger partial charge in [0.15, 0.2) is 5.78 Å². The minimum absolute atomic E-state index is 0.0739. The van der Waals surface area contributed by atoms with E-state index in [1.165, 1.54) is 11.9 Å². The largest absolute Gasteiger partial charge is 0.293 e. The number of hydrazone groups is 1. The van der Waals surface area contributed by atoms with Gasteiger partial charge in [0.05, 0.1) is 11.4 Å². The summed E-state index contributed by atoms with van der Waals surface area (Å²) in [7, 11) is 0. The summed E-state index contributed by atoms with van der Waals surface area (Å²) in [5, 5.41) is 6.73. The quantitative estimate of drug-likeness (QED) is 0.739. The maximum atomic E-state index is 13.1. The molecule has 0 bridgehead atoms. The van der Waals surface area contributed by atoms with Gasteiger partial charge in [-0.25, -0.2) is 4.90 Å². The van der Waals surface area contributed by atoms with Crippen LogP contribution in [-0.2, 0) is 14.4 Å². The van der Waals surface area contributed by atoms with E-state index in [0.29, 0.717) is 21.4 Å². The maximum absolute atomic E-state index is 13.1. The smallest absolute Gasteiger partial charge is 0.259 e. The molecule has 0 N–H and O–H groups in total. The number of halogens is 2. The van der Waals surface area contributed by atoms with Gasteiger partial charge in [-0.15, -0.1) is 0 Å². The summed E-state index contributed by atoms with van der Waals surface area (Å²) < 4.78 is 0. The molecule has 2 aromatic carbocycles. The van der Waals surface area contributed by atoms with E-state index in [1.807, 2.05) is 0 Å². The van der Waals surface area contributed by atoms with E-state index in [0.717, 1.165) is 4.90 Å². The van der Waals surface area contributed by atoms with E-state index in [4.69, 9.17) is 23.2 Å². The first-order chi connectivity index (χ1) is 12.9. The summed E-state index contributed by atoms with van der Waals surface area (Å²) in [5.74, 6) is -2.21. The molecular formula is C19H13Cl2N3O3. The van der Waals surface area contributed by atoms with Crippen LogP contribution in [0.5, 0.6) is 0 Å². The number of Topliss-reactive ketones (excluding diaryl/α,β-unsaturated/α-hetero) is 1. The van der Waals surface area contributed by atoms with Crippen molar-refractivity contribution in [2.75, 3.05) is 9.91 Å². The highest BCUT2D eigenvalue weighted by Gasteiger charge is 2.58. The van der Waals surface area contributed by atoms with Crippen molar-refractivity contribution in [3.63, 3.8) is 0 Å². The molecule has 2 aromatic rings. The SMILES string of the molecule is CC(=O)C1=NN(c2ccc(Cl)cc2)[C@H]2C(=O)N(c3ccc(Cl)cc3)C(=O)[C@H]12. The standard InChI is InChI=1S/C19H13Cl2N3O3/c1-10(25)16-15-17(24(22-16)14-8-4-12(21)5-9-14)19(27)23(18(15)26)13-6-2-11(20)3-7-13/h2-9,15,17H,1H3/t15-,17-/m1/s1. The molecule has 0 aliphatic carbocycles. The van der Waals surface area contributed by atoms with E-state index in [-0.39, 0.29) is 11.5 Å². The Morgan fingerprint density at radius 3 is 1.93 bits per heavy atom. The van der Waals surface area contributed by atoms with Crippen molar-refractivity contribution >= 4 is 57.9 Å². The number of hydrogen-bond acceptors (Lipinski definition) is 5. The second-order valence-electron chi connectivity index (χ2n) is 6.27. The topological polar surface area (TPSA) is 70.1 Å². The fraction of sp³-hybridized carbons (Fsp3) is 0.158. The Balaban J connectivity index is 1.79. The predicted octanol–water partition coefficient (Wildman–Crippen LogP) is 3.32. The van der Waals surface area contributed by atoms with E-state index >= 15 is 0 Å². The lowest BCUT2D eigenvalue weighted by molar-refractivity contribution is -0.122. The van der Waals surface area contributed by atoms with Crippen molar-refractivity contribution in [2.45, 2.75) is 13.0 Å². The van der Waals surface area contributed by atoms with Gasteiger partial charge in [0.2, 0.25) is 5.91 Å². The third-order valence-electron chi connectivity index (χ3n) is 4.59. The number of imide groups is 1. The number of carbonyl (C=O) groups is 3. The van der Waals surface area contributed by atoms with E-state index in [2.05, 4.69) is 5.10 Å². The van der Waals surface area contributed by atoms with Crippen LogP contribution in [0, 0.1) is 5.92 Å². The van der Waals surface area contributed by atoms with E-state index < -0.39 is 23.8 Å². The minimum atomic E-state index is -0.943. The van der Waals surface area contributed by atoms with Gasteiger partial charge >= 0.3 is 0 Å². The number of carbonyl (C=O) groups excluding carboxylic acids is 3. The number of rotatable bonds is 3. The highest BCUT2D eigenvalue weighted by molar-refractivity contribution is 6.49. The van der Waals surface area contributed by atoms with Crippen molar-refractivity contribution in [3.8, 4) is 0 Å². The molecule has 1 fully saturated rings. The molecule has 2 amide bonds. The molecule has 0 unspecified atom stereocenters. The number of ketones is 1. The third kappa shape index (κ3) is 2.81. The highest BCUT2D eigenvalue weighted by Crippen LogP contribution is 2.38. The molecule has 0 aromatic heterocycles. The average molecular weight is 402 g/mol. The Bertz CT molecular complexity index is 986. The summed E-state index contributed by atoms with van der Waals surface area (Å²) in [6, 6.07) is 12.2. The zero-order valence-corrected chi connectivity index (χ0v) is 15.6. The van der Waals surface area contributed by atoms with Gasteiger partial charge in [0.1, 0.15) is 17.7 Å². The average Bonchev–Trinajstić information content (AvgIpc) is 3.15. The van der Waals surface area contributed by atoms with Crippen LogP contribution in [0.15, 0.2) is 53.6 Å². The molecule has 6 nitrogen and oxygen atoms in total. The number of amides is 2. The first kappa shape index (κ1) is 17.7. The van der Waals surface area contributed by atoms with Gasteiger partial charge in [0, 0.05) is 17.0 Å². The molecule has 2 aliphatic heterocycles. The Labute approximate surface area is 165 Å². The van der Waals surface area contributed by atoms with Gasteiger partial charge < -0.3 is 0 Å². The molecule has 2 heterocycles. The first-order valence-electron chi connectivity index (χ1n) is 8.16. The van der Waals surface area contributed by atoms with E-state index in [9.17, 15) is 14.4 Å². The summed E-state index contributed by atoms with van der Waals surface area (Å²) in [6.45, 7) is 1.34. The lowest BCUT2D eigenvalue weighted by Gasteiger charge is -2.22. The zero-order chi connectivity index (χ0) is 19.3. The summed E-state index contributed by atoms with van der Waals surface area (Å²) in [6.07, 6.45) is 0. The Morgan fingerprint density at radius 1 is 0.889 bits per heavy atom. The van der Waals surface area contributed by atoms with E-state index in [1.54, 1.807) is 48.5 Å². The number of fused-ring (bicyclic) bond motifs is 1. The third-order valence-corrected chi connectivity index (χ3v) is 5.09. The van der Waals surface area contributed by atoms with Crippen molar-refractivity contribution in [2.24, 2.45) is 11.0 Å². The molecule has 0 saturated carbocycles. The Hall–Kier alpha value is -2.70. The lowest BCUT2D eigenvalue weighted by atomic mass is 9.95. The first-order valence-corrected chi connectivity index (χ1v) is 8.91. The molecule has 2 atom stereocenters. The van der Waals surface area contributed by atoms with Crippen LogP contribution in [0.4, 0.5) is 11.4 Å². The molecule has 4 rings (SSSR count). The second-order valence-corrected chi connectivity index (χ2v) is 7.15. The van der Waals surface area contributed by atoms with Crippen molar-refractivity contribution in [3.05, 3.63) is 58.6 Å². The summed E-state index contributed by atoms with van der Waals surface area (Å²) in [5.41, 5.74) is 1.05. The molecule has 8 heteroatoms. The van der Waals surface area contributed by atoms with Gasteiger partial charge in [-0.3, -0.25) is 19.4 Å². The van der Waals surface area contributed by atoms with Gasteiger partial charge in [-0.2, -0.15) is 5.10 Å². The van der Waals surface area contributed by atoms with Gasteiger partial charge in [-0.05, 0) is 48.5 Å². The maximum Gasteiger partial charge on any atom is 0.259 e. The monoisotopic (exact) mass is 401 g/mol. The number of benzene rings is 2. The number of anilines is 2. The van der Waals surface area contributed by atoms with Crippen LogP contribution in [0.25, 0.3) is 0 Å².